The molecule has 0 aliphatic carbocycles. The highest BCUT2D eigenvalue weighted by Crippen LogP contribution is 2.36. The standard InChI is InChI=1S/C21H35NO4SSi/c1-17(2)20(11-9-10-16-25-28(7,8)21(4,5)6)26-22-27(23,24)19-14-12-18(3)13-15-19/h12-15,17,20,22H,10,16H2,1-8H3. The molecule has 1 unspecified atom stereocenters. The van der Waals surface area contributed by atoms with Gasteiger partial charge in [-0.3, -0.25) is 4.84 Å². The summed E-state index contributed by atoms with van der Waals surface area (Å²) in [6.07, 6.45) is 0.0529. The normalized spacial score (nSPS) is 13.9. The Morgan fingerprint density at radius 3 is 2.21 bits per heavy atom. The van der Waals surface area contributed by atoms with Gasteiger partial charge < -0.3 is 4.43 Å². The summed E-state index contributed by atoms with van der Waals surface area (Å²) in [4.78, 5) is 7.78. The summed E-state index contributed by atoms with van der Waals surface area (Å²) in [5, 5.41) is 0.165. The van der Waals surface area contributed by atoms with Gasteiger partial charge in [0.2, 0.25) is 0 Å². The van der Waals surface area contributed by atoms with Gasteiger partial charge in [-0.05, 0) is 43.1 Å². The molecule has 7 heteroatoms. The third-order valence-electron chi connectivity index (χ3n) is 4.96. The molecule has 1 rings (SSSR count). The Bertz CT molecular complexity index is 784. The number of nitrogens with one attached hydrogen (secondary N) is 1. The summed E-state index contributed by atoms with van der Waals surface area (Å²) in [6, 6.07) is 6.60. The van der Waals surface area contributed by atoms with Crippen molar-refractivity contribution in [2.75, 3.05) is 6.61 Å². The Morgan fingerprint density at radius 2 is 1.71 bits per heavy atom. The molecule has 1 N–H and O–H groups in total. The van der Waals surface area contributed by atoms with Gasteiger partial charge in [-0.1, -0.05) is 69.0 Å². The lowest BCUT2D eigenvalue weighted by Crippen LogP contribution is -2.40. The lowest BCUT2D eigenvalue weighted by atomic mass is 10.1. The molecule has 5 nitrogen and oxygen atoms in total. The van der Waals surface area contributed by atoms with Crippen LogP contribution in [0.2, 0.25) is 18.1 Å². The van der Waals surface area contributed by atoms with Crippen LogP contribution in [0.25, 0.3) is 0 Å². The minimum absolute atomic E-state index is 0.0366. The summed E-state index contributed by atoms with van der Waals surface area (Å²) in [5.41, 5.74) is 0.991. The first-order valence-corrected chi connectivity index (χ1v) is 14.0. The summed E-state index contributed by atoms with van der Waals surface area (Å²) < 4.78 is 30.8. The molecule has 158 valence electrons. The Kier molecular flexibility index (Phi) is 8.91. The molecule has 0 spiro atoms. The lowest BCUT2D eigenvalue weighted by molar-refractivity contribution is 0.0263. The topological polar surface area (TPSA) is 64.6 Å². The molecule has 0 bridgehead atoms. The minimum Gasteiger partial charge on any atom is -0.416 e. The van der Waals surface area contributed by atoms with Crippen molar-refractivity contribution in [2.24, 2.45) is 5.92 Å². The molecule has 0 heterocycles. The van der Waals surface area contributed by atoms with Crippen LogP contribution in [0.4, 0.5) is 0 Å². The van der Waals surface area contributed by atoms with E-state index in [1.54, 1.807) is 24.3 Å². The molecule has 1 aromatic carbocycles. The van der Waals surface area contributed by atoms with Crippen LogP contribution >= 0.6 is 0 Å². The van der Waals surface area contributed by atoms with E-state index in [1.807, 2.05) is 20.8 Å². The van der Waals surface area contributed by atoms with E-state index in [4.69, 9.17) is 9.26 Å². The van der Waals surface area contributed by atoms with Gasteiger partial charge in [0.05, 0.1) is 4.90 Å². The van der Waals surface area contributed by atoms with Gasteiger partial charge in [0.1, 0.15) is 6.10 Å². The second kappa shape index (κ2) is 10.0. The molecular weight excluding hydrogens is 390 g/mol. The zero-order valence-electron chi connectivity index (χ0n) is 18.4. The smallest absolute Gasteiger partial charge is 0.262 e. The van der Waals surface area contributed by atoms with E-state index in [0.717, 1.165) is 5.56 Å². The molecule has 0 saturated carbocycles. The average Bonchev–Trinajstić information content (AvgIpc) is 2.56. The van der Waals surface area contributed by atoms with Crippen LogP contribution in [-0.2, 0) is 19.3 Å². The Labute approximate surface area is 172 Å². The Balaban J connectivity index is 2.63. The van der Waals surface area contributed by atoms with E-state index in [0.29, 0.717) is 13.0 Å². The van der Waals surface area contributed by atoms with Gasteiger partial charge in [-0.15, -0.1) is 0 Å². The van der Waals surface area contributed by atoms with Crippen molar-refractivity contribution in [3.63, 3.8) is 0 Å². The fourth-order valence-electron chi connectivity index (χ4n) is 1.96. The SMILES string of the molecule is Cc1ccc(S(=O)(=O)NOC(C#CCCO[Si](C)(C)C(C)(C)C)C(C)C)cc1. The maximum atomic E-state index is 12.4. The van der Waals surface area contributed by atoms with Crippen LogP contribution in [0.15, 0.2) is 29.2 Å². The van der Waals surface area contributed by atoms with Crippen molar-refractivity contribution < 1.29 is 17.7 Å². The molecule has 0 aliphatic rings. The van der Waals surface area contributed by atoms with Crippen LogP contribution < -0.4 is 4.89 Å². The molecule has 28 heavy (non-hydrogen) atoms. The monoisotopic (exact) mass is 425 g/mol. The van der Waals surface area contributed by atoms with Crippen LogP contribution in [0, 0.1) is 24.7 Å². The summed E-state index contributed by atoms with van der Waals surface area (Å²) >= 11 is 0. The van der Waals surface area contributed by atoms with Crippen molar-refractivity contribution in [1.82, 2.24) is 4.89 Å². The summed E-state index contributed by atoms with van der Waals surface area (Å²) in [7, 11) is -5.51. The molecule has 1 aromatic rings. The first-order chi connectivity index (χ1) is 12.8. The molecule has 0 saturated heterocycles. The zero-order valence-corrected chi connectivity index (χ0v) is 20.2. The van der Waals surface area contributed by atoms with E-state index >= 15 is 0 Å². The summed E-state index contributed by atoms with van der Waals surface area (Å²) in [6.45, 7) is 17.4. The second-order valence-electron chi connectivity index (χ2n) is 8.86. The molecular formula is C21H35NO4SSi. The van der Waals surface area contributed by atoms with Crippen molar-refractivity contribution in [3.05, 3.63) is 29.8 Å². The van der Waals surface area contributed by atoms with Crippen LogP contribution in [0.3, 0.4) is 0 Å². The largest absolute Gasteiger partial charge is 0.416 e. The first kappa shape index (κ1) is 24.9. The van der Waals surface area contributed by atoms with Crippen molar-refractivity contribution in [1.29, 1.82) is 0 Å². The van der Waals surface area contributed by atoms with E-state index < -0.39 is 24.4 Å². The van der Waals surface area contributed by atoms with Gasteiger partial charge in [-0.25, -0.2) is 8.42 Å². The van der Waals surface area contributed by atoms with Crippen molar-refractivity contribution in [3.8, 4) is 11.8 Å². The van der Waals surface area contributed by atoms with Gasteiger partial charge in [0, 0.05) is 13.0 Å². The highest BCUT2D eigenvalue weighted by Gasteiger charge is 2.36. The highest BCUT2D eigenvalue weighted by molar-refractivity contribution is 7.89. The van der Waals surface area contributed by atoms with Crippen molar-refractivity contribution in [2.45, 2.75) is 77.1 Å². The maximum absolute atomic E-state index is 12.4. The number of benzene rings is 1. The van der Waals surface area contributed by atoms with Gasteiger partial charge in [-0.2, -0.15) is 0 Å². The van der Waals surface area contributed by atoms with Gasteiger partial charge in [0.15, 0.2) is 8.32 Å². The second-order valence-corrected chi connectivity index (χ2v) is 15.3. The van der Waals surface area contributed by atoms with Crippen LogP contribution in [0.5, 0.6) is 0 Å². The predicted molar refractivity (Wildman–Crippen MR) is 117 cm³/mol. The Morgan fingerprint density at radius 1 is 1.14 bits per heavy atom. The predicted octanol–water partition coefficient (Wildman–Crippen LogP) is 4.64. The van der Waals surface area contributed by atoms with Crippen LogP contribution in [0.1, 0.15) is 46.6 Å². The number of hydrogen-bond donors (Lipinski definition) is 1. The van der Waals surface area contributed by atoms with E-state index in [1.165, 1.54) is 0 Å². The van der Waals surface area contributed by atoms with Gasteiger partial charge in [0.25, 0.3) is 10.0 Å². The third-order valence-corrected chi connectivity index (χ3v) is 10.7. The molecule has 0 fully saturated rings. The van der Waals surface area contributed by atoms with E-state index in [-0.39, 0.29) is 15.9 Å². The molecule has 0 aromatic heterocycles. The third kappa shape index (κ3) is 7.68. The highest BCUT2D eigenvalue weighted by atomic mass is 32.2. The van der Waals surface area contributed by atoms with E-state index in [9.17, 15) is 8.42 Å². The fourth-order valence-corrected chi connectivity index (χ4v) is 3.83. The van der Waals surface area contributed by atoms with Crippen LogP contribution in [-0.4, -0.2) is 29.4 Å². The number of sulfonamides is 1. The lowest BCUT2D eigenvalue weighted by Gasteiger charge is -2.35. The minimum atomic E-state index is -3.74. The number of aryl methyl sites for hydroxylation is 1. The van der Waals surface area contributed by atoms with Gasteiger partial charge >= 0.3 is 0 Å². The number of hydrogen-bond acceptors (Lipinski definition) is 4. The average molecular weight is 426 g/mol. The molecule has 0 amide bonds. The Hall–Kier alpha value is -1.17. The zero-order chi connectivity index (χ0) is 21.6. The molecule has 0 radical (unpaired) electrons. The van der Waals surface area contributed by atoms with E-state index in [2.05, 4.69) is 50.6 Å². The fraction of sp³-hybridized carbons (Fsp3) is 0.619. The quantitative estimate of drug-likeness (QED) is 0.285. The van der Waals surface area contributed by atoms with Crippen molar-refractivity contribution >= 4 is 18.3 Å². The maximum Gasteiger partial charge on any atom is 0.262 e. The summed E-state index contributed by atoms with van der Waals surface area (Å²) in [5.74, 6) is 6.11. The first-order valence-electron chi connectivity index (χ1n) is 9.63. The molecule has 1 atom stereocenters. The number of rotatable bonds is 8. The molecule has 0 aliphatic heterocycles.